The highest BCUT2D eigenvalue weighted by Crippen LogP contribution is 2.66. The predicted octanol–water partition coefficient (Wildman–Crippen LogP) is 5.27. The van der Waals surface area contributed by atoms with Gasteiger partial charge in [0.1, 0.15) is 17.6 Å². The van der Waals surface area contributed by atoms with Gasteiger partial charge in [-0.1, -0.05) is 70.9 Å². The molecule has 0 radical (unpaired) electrons. The number of aliphatic hydroxyl groups excluding tert-OH is 1. The zero-order chi connectivity index (χ0) is 26.9. The molecule has 1 amide bonds. The van der Waals surface area contributed by atoms with Gasteiger partial charge in [0.05, 0.1) is 12.0 Å². The maximum atomic E-state index is 13.3. The van der Waals surface area contributed by atoms with Gasteiger partial charge in [0.25, 0.3) is 0 Å². The Morgan fingerprint density at radius 3 is 2.51 bits per heavy atom. The molecule has 202 valence electrons. The van der Waals surface area contributed by atoms with Crippen molar-refractivity contribution in [3.8, 4) is 5.75 Å². The second kappa shape index (κ2) is 8.98. The zero-order valence-corrected chi connectivity index (χ0v) is 23.3. The summed E-state index contributed by atoms with van der Waals surface area (Å²) in [7, 11) is 0. The van der Waals surface area contributed by atoms with Gasteiger partial charge in [-0.2, -0.15) is 0 Å². The van der Waals surface area contributed by atoms with Crippen molar-refractivity contribution in [2.24, 2.45) is 46.3 Å². The van der Waals surface area contributed by atoms with Crippen LogP contribution in [0.1, 0.15) is 66.4 Å². The largest absolute Gasteiger partial charge is 0.490 e. The number of benzene rings is 1. The van der Waals surface area contributed by atoms with Crippen LogP contribution < -0.4 is 10.1 Å². The summed E-state index contributed by atoms with van der Waals surface area (Å²) >= 11 is 0. The molecule has 5 nitrogen and oxygen atoms in total. The standard InChI is InChI=1S/C32H45NO4/c1-8-14-31(7)24(18(3)4)28-23-25(31)19(5)15-30(6,9-2)26(23)27(34)22-17-32(36,33-29(22)35)16-20-10-12-21(37-28)13-11-20/h9-13,15,18,22-28,34,36H,2,8,14,16-17H2,1,3-7H3,(H,33,35)/t22-,23-,24-,25+,26?,27-,28-,30-,31+,32+/m0/s1. The summed E-state index contributed by atoms with van der Waals surface area (Å²) in [5.74, 6) is 0.427. The number of ether oxygens (including phenoxy) is 1. The summed E-state index contributed by atoms with van der Waals surface area (Å²) in [6, 6.07) is 7.97. The van der Waals surface area contributed by atoms with Crippen molar-refractivity contribution in [1.29, 1.82) is 0 Å². The van der Waals surface area contributed by atoms with E-state index >= 15 is 0 Å². The molecule has 2 aliphatic carbocycles. The number of aliphatic hydroxyl groups is 2. The molecule has 10 atom stereocenters. The molecule has 0 aromatic heterocycles. The van der Waals surface area contributed by atoms with E-state index in [1.807, 2.05) is 30.3 Å². The van der Waals surface area contributed by atoms with E-state index in [0.717, 1.165) is 24.2 Å². The number of allylic oxidation sites excluding steroid dienone is 3. The molecular formula is C32H45NO4. The molecule has 3 N–H and O–H groups in total. The van der Waals surface area contributed by atoms with Crippen LogP contribution in [0.4, 0.5) is 0 Å². The fourth-order valence-corrected chi connectivity index (χ4v) is 9.37. The van der Waals surface area contributed by atoms with Crippen LogP contribution in [0, 0.1) is 46.3 Å². The Morgan fingerprint density at radius 1 is 1.24 bits per heavy atom. The highest BCUT2D eigenvalue weighted by atomic mass is 16.5. The lowest BCUT2D eigenvalue weighted by Crippen LogP contribution is -2.52. The van der Waals surface area contributed by atoms with Gasteiger partial charge in [-0.05, 0) is 48.3 Å². The molecule has 3 heterocycles. The van der Waals surface area contributed by atoms with Crippen LogP contribution in [-0.4, -0.2) is 34.1 Å². The van der Waals surface area contributed by atoms with Crippen molar-refractivity contribution in [3.05, 3.63) is 54.1 Å². The van der Waals surface area contributed by atoms with Gasteiger partial charge in [-0.3, -0.25) is 4.79 Å². The monoisotopic (exact) mass is 507 g/mol. The number of carbonyl (C=O) groups is 1. The number of rotatable bonds is 4. The minimum Gasteiger partial charge on any atom is -0.490 e. The molecule has 1 saturated carbocycles. The van der Waals surface area contributed by atoms with Crippen molar-refractivity contribution in [3.63, 3.8) is 0 Å². The number of amides is 1. The molecule has 1 unspecified atom stereocenters. The summed E-state index contributed by atoms with van der Waals surface area (Å²) in [4.78, 5) is 13.3. The second-order valence-corrected chi connectivity index (χ2v) is 13.3. The smallest absolute Gasteiger partial charge is 0.228 e. The molecule has 5 aliphatic rings. The molecule has 3 aliphatic heterocycles. The topological polar surface area (TPSA) is 78.8 Å². The van der Waals surface area contributed by atoms with Gasteiger partial charge in [0, 0.05) is 36.0 Å². The number of nitrogens with one attached hydrogen (secondary N) is 1. The van der Waals surface area contributed by atoms with Crippen LogP contribution in [-0.2, 0) is 11.2 Å². The third kappa shape index (κ3) is 3.99. The molecular weight excluding hydrogens is 462 g/mol. The molecule has 1 aromatic rings. The van der Waals surface area contributed by atoms with Gasteiger partial charge < -0.3 is 20.3 Å². The van der Waals surface area contributed by atoms with E-state index in [4.69, 9.17) is 4.74 Å². The van der Waals surface area contributed by atoms with Crippen molar-refractivity contribution >= 4 is 5.91 Å². The van der Waals surface area contributed by atoms with Crippen LogP contribution in [0.3, 0.4) is 0 Å². The summed E-state index contributed by atoms with van der Waals surface area (Å²) in [6.07, 6.45) is 5.80. The Hall–Kier alpha value is -2.11. The molecule has 1 aromatic carbocycles. The van der Waals surface area contributed by atoms with Gasteiger partial charge in [-0.15, -0.1) is 6.58 Å². The fraction of sp³-hybridized carbons (Fsp3) is 0.656. The first-order valence-corrected chi connectivity index (χ1v) is 14.2. The molecule has 37 heavy (non-hydrogen) atoms. The molecule has 0 spiro atoms. The Morgan fingerprint density at radius 2 is 1.92 bits per heavy atom. The Balaban J connectivity index is 1.76. The third-order valence-corrected chi connectivity index (χ3v) is 10.4. The van der Waals surface area contributed by atoms with Crippen LogP contribution in [0.5, 0.6) is 5.75 Å². The SMILES string of the molecule is C=C[C@@]1(C)C=C(C)[C@@H]2[C@H]3C1[C@@H](O)[C@@H]1C[C@](O)(Cc4ccc(cc4)O[C@@H]3[C@H](C(C)C)[C@@]2(C)CCC)NC1=O. The van der Waals surface area contributed by atoms with Crippen LogP contribution in [0.25, 0.3) is 0 Å². The lowest BCUT2D eigenvalue weighted by molar-refractivity contribution is -0.130. The maximum Gasteiger partial charge on any atom is 0.228 e. The normalized spacial score (nSPS) is 44.7. The minimum absolute atomic E-state index is 0.00567. The van der Waals surface area contributed by atoms with Gasteiger partial charge >= 0.3 is 0 Å². The van der Waals surface area contributed by atoms with Gasteiger partial charge in [0.15, 0.2) is 0 Å². The summed E-state index contributed by atoms with van der Waals surface area (Å²) in [5, 5.41) is 26.4. The summed E-state index contributed by atoms with van der Waals surface area (Å²) in [5.41, 5.74) is 0.340. The highest BCUT2D eigenvalue weighted by Gasteiger charge is 2.66. The fourth-order valence-electron chi connectivity index (χ4n) is 9.37. The number of hydrogen-bond acceptors (Lipinski definition) is 4. The van der Waals surface area contributed by atoms with E-state index in [1.54, 1.807) is 0 Å². The number of hydrogen-bond donors (Lipinski definition) is 3. The summed E-state index contributed by atoms with van der Waals surface area (Å²) in [6.45, 7) is 17.9. The van der Waals surface area contributed by atoms with Crippen LogP contribution in [0.15, 0.2) is 48.6 Å². The molecule has 1 saturated heterocycles. The average molecular weight is 508 g/mol. The lowest BCUT2D eigenvalue weighted by atomic mass is 9.54. The second-order valence-electron chi connectivity index (χ2n) is 13.3. The molecule has 2 fully saturated rings. The van der Waals surface area contributed by atoms with E-state index in [-0.39, 0.29) is 47.5 Å². The molecule has 6 rings (SSSR count). The van der Waals surface area contributed by atoms with Crippen molar-refractivity contribution in [2.45, 2.75) is 85.2 Å². The first-order chi connectivity index (χ1) is 17.4. The van der Waals surface area contributed by atoms with Crippen molar-refractivity contribution in [1.82, 2.24) is 5.32 Å². The Kier molecular flexibility index (Phi) is 6.43. The molecule has 4 bridgehead atoms. The first-order valence-electron chi connectivity index (χ1n) is 14.2. The van der Waals surface area contributed by atoms with Crippen LogP contribution in [0.2, 0.25) is 0 Å². The van der Waals surface area contributed by atoms with E-state index in [2.05, 4.69) is 59.5 Å². The van der Waals surface area contributed by atoms with E-state index in [9.17, 15) is 15.0 Å². The van der Waals surface area contributed by atoms with E-state index < -0.39 is 23.2 Å². The van der Waals surface area contributed by atoms with Gasteiger partial charge in [0.2, 0.25) is 5.91 Å². The quantitative estimate of drug-likeness (QED) is 0.485. The Labute approximate surface area is 222 Å². The van der Waals surface area contributed by atoms with E-state index in [1.165, 1.54) is 5.57 Å². The Bertz CT molecular complexity index is 1090. The molecule has 5 heteroatoms. The minimum atomic E-state index is -1.38. The van der Waals surface area contributed by atoms with Gasteiger partial charge in [-0.25, -0.2) is 0 Å². The van der Waals surface area contributed by atoms with Crippen molar-refractivity contribution < 1.29 is 19.7 Å². The van der Waals surface area contributed by atoms with E-state index in [0.29, 0.717) is 12.3 Å². The first kappa shape index (κ1) is 26.5. The zero-order valence-electron chi connectivity index (χ0n) is 23.3. The van der Waals surface area contributed by atoms with Crippen molar-refractivity contribution in [2.75, 3.05) is 0 Å². The average Bonchev–Trinajstić information content (AvgIpc) is 3.25. The maximum absolute atomic E-state index is 13.3. The highest BCUT2D eigenvalue weighted by molar-refractivity contribution is 5.82. The summed E-state index contributed by atoms with van der Waals surface area (Å²) < 4.78 is 6.99. The third-order valence-electron chi connectivity index (χ3n) is 10.4. The van der Waals surface area contributed by atoms with Crippen LogP contribution >= 0.6 is 0 Å². The lowest BCUT2D eigenvalue weighted by Gasteiger charge is -2.50. The number of carbonyl (C=O) groups excluding carboxylic acids is 1. The predicted molar refractivity (Wildman–Crippen MR) is 146 cm³/mol. The number of fused-ring (bicyclic) bond motifs is 2.